The molecule has 3 aliphatic heterocycles. The van der Waals surface area contributed by atoms with Crippen LogP contribution in [0.25, 0.3) is 0 Å². The maximum Gasteiger partial charge on any atom is 0.223 e. The molecular weight excluding hydrogens is 330 g/mol. The zero-order valence-electron chi connectivity index (χ0n) is 15.6. The van der Waals surface area contributed by atoms with Crippen LogP contribution in [-0.2, 0) is 22.7 Å². The molecule has 0 aliphatic carbocycles. The molecule has 0 aromatic carbocycles. The molecular formula is C19H29N5O2. The predicted molar refractivity (Wildman–Crippen MR) is 98.6 cm³/mol. The molecule has 7 heteroatoms. The Morgan fingerprint density at radius 2 is 2.19 bits per heavy atom. The van der Waals surface area contributed by atoms with Crippen LogP contribution in [0.15, 0.2) is 6.20 Å². The van der Waals surface area contributed by atoms with Crippen LogP contribution in [0.4, 0.5) is 5.95 Å². The summed E-state index contributed by atoms with van der Waals surface area (Å²) in [5.74, 6) is 0.930. The van der Waals surface area contributed by atoms with E-state index in [2.05, 4.69) is 27.1 Å². The third kappa shape index (κ3) is 3.99. The maximum absolute atomic E-state index is 12.6. The van der Waals surface area contributed by atoms with Gasteiger partial charge in [-0.25, -0.2) is 9.97 Å². The number of anilines is 1. The number of nitrogens with zero attached hydrogens (tertiary/aromatic N) is 4. The molecule has 2 fully saturated rings. The molecule has 2 unspecified atom stereocenters. The molecule has 0 radical (unpaired) electrons. The molecule has 1 aromatic rings. The summed E-state index contributed by atoms with van der Waals surface area (Å²) in [5.41, 5.74) is 2.05. The fourth-order valence-electron chi connectivity index (χ4n) is 4.28. The Balaban J connectivity index is 1.26. The van der Waals surface area contributed by atoms with Gasteiger partial charge in [0.2, 0.25) is 11.9 Å². The number of rotatable bonds is 6. The predicted octanol–water partition coefficient (Wildman–Crippen LogP) is 1.78. The van der Waals surface area contributed by atoms with Crippen LogP contribution in [0.1, 0.15) is 50.3 Å². The number of fused-ring (bicyclic) bond motifs is 1. The Kier molecular flexibility index (Phi) is 5.36. The molecule has 7 nitrogen and oxygen atoms in total. The highest BCUT2D eigenvalue weighted by atomic mass is 16.5. The average Bonchev–Trinajstić information content (AvgIpc) is 3.35. The van der Waals surface area contributed by atoms with Crippen LogP contribution in [-0.4, -0.2) is 63.9 Å². The van der Waals surface area contributed by atoms with Crippen molar-refractivity contribution in [2.75, 3.05) is 31.5 Å². The first-order valence-electron chi connectivity index (χ1n) is 9.90. The van der Waals surface area contributed by atoms with Crippen molar-refractivity contribution in [3.05, 3.63) is 17.5 Å². The van der Waals surface area contributed by atoms with Gasteiger partial charge in [0.15, 0.2) is 0 Å². The van der Waals surface area contributed by atoms with Crippen LogP contribution >= 0.6 is 0 Å². The number of amides is 1. The number of likely N-dealkylation sites (tertiary alicyclic amines) is 2. The first-order valence-corrected chi connectivity index (χ1v) is 9.90. The van der Waals surface area contributed by atoms with Crippen molar-refractivity contribution in [1.82, 2.24) is 19.8 Å². The van der Waals surface area contributed by atoms with Gasteiger partial charge in [0, 0.05) is 36.8 Å². The van der Waals surface area contributed by atoms with Crippen molar-refractivity contribution >= 4 is 11.9 Å². The molecule has 2 saturated heterocycles. The molecule has 0 saturated carbocycles. The summed E-state index contributed by atoms with van der Waals surface area (Å²) in [4.78, 5) is 26.1. The molecule has 2 atom stereocenters. The molecule has 3 aliphatic rings. The van der Waals surface area contributed by atoms with Crippen LogP contribution in [0.3, 0.4) is 0 Å². The largest absolute Gasteiger partial charge is 0.370 e. The first-order chi connectivity index (χ1) is 12.7. The van der Waals surface area contributed by atoms with E-state index in [0.29, 0.717) is 25.6 Å². The minimum atomic E-state index is 0.216. The van der Waals surface area contributed by atoms with Gasteiger partial charge in [-0.3, -0.25) is 4.79 Å². The summed E-state index contributed by atoms with van der Waals surface area (Å²) in [5, 5.41) is 3.41. The third-order valence-corrected chi connectivity index (χ3v) is 5.74. The van der Waals surface area contributed by atoms with E-state index < -0.39 is 0 Å². The lowest BCUT2D eigenvalue weighted by molar-refractivity contribution is -0.131. The standard InChI is InChI=1S/C19H29N5O2/c1-14-9-16(21-19-20-10-15-12-26-13-17(15)22-19)11-24(14)18(25)5-4-8-23-6-2-3-7-23/h10,14,16H,2-9,11-13H2,1H3,(H,20,21,22). The van der Waals surface area contributed by atoms with Gasteiger partial charge in [0.05, 0.1) is 18.9 Å². The fourth-order valence-corrected chi connectivity index (χ4v) is 4.28. The summed E-state index contributed by atoms with van der Waals surface area (Å²) >= 11 is 0. The molecule has 1 N–H and O–H groups in total. The lowest BCUT2D eigenvalue weighted by atomic mass is 10.2. The van der Waals surface area contributed by atoms with Crippen molar-refractivity contribution in [2.24, 2.45) is 0 Å². The monoisotopic (exact) mass is 359 g/mol. The van der Waals surface area contributed by atoms with Gasteiger partial charge in [0.25, 0.3) is 0 Å². The van der Waals surface area contributed by atoms with Crippen molar-refractivity contribution in [3.8, 4) is 0 Å². The highest BCUT2D eigenvalue weighted by molar-refractivity contribution is 5.77. The van der Waals surface area contributed by atoms with Gasteiger partial charge < -0.3 is 19.9 Å². The number of hydrogen-bond acceptors (Lipinski definition) is 6. The van der Waals surface area contributed by atoms with Crippen molar-refractivity contribution in [2.45, 2.75) is 64.3 Å². The fraction of sp³-hybridized carbons (Fsp3) is 0.737. The minimum absolute atomic E-state index is 0.216. The lowest BCUT2D eigenvalue weighted by Crippen LogP contribution is -2.35. The summed E-state index contributed by atoms with van der Waals surface area (Å²) in [7, 11) is 0. The van der Waals surface area contributed by atoms with E-state index in [1.165, 1.54) is 25.9 Å². The number of ether oxygens (including phenoxy) is 1. The summed E-state index contributed by atoms with van der Waals surface area (Å²) in [6.07, 6.45) is 7.02. The summed E-state index contributed by atoms with van der Waals surface area (Å²) in [6, 6.07) is 0.484. The third-order valence-electron chi connectivity index (χ3n) is 5.74. The number of hydrogen-bond donors (Lipinski definition) is 1. The molecule has 142 valence electrons. The molecule has 0 bridgehead atoms. The van der Waals surface area contributed by atoms with Crippen molar-refractivity contribution < 1.29 is 9.53 Å². The van der Waals surface area contributed by atoms with Crippen LogP contribution in [0, 0.1) is 0 Å². The summed E-state index contributed by atoms with van der Waals surface area (Å²) < 4.78 is 5.39. The Morgan fingerprint density at radius 3 is 3.04 bits per heavy atom. The van der Waals surface area contributed by atoms with E-state index in [1.54, 1.807) is 0 Å². The molecule has 1 aromatic heterocycles. The maximum atomic E-state index is 12.6. The van der Waals surface area contributed by atoms with Crippen LogP contribution < -0.4 is 5.32 Å². The van der Waals surface area contributed by atoms with E-state index in [9.17, 15) is 4.79 Å². The Morgan fingerprint density at radius 1 is 1.35 bits per heavy atom. The quantitative estimate of drug-likeness (QED) is 0.835. The van der Waals surface area contributed by atoms with Gasteiger partial charge >= 0.3 is 0 Å². The minimum Gasteiger partial charge on any atom is -0.370 e. The van der Waals surface area contributed by atoms with Crippen molar-refractivity contribution in [1.29, 1.82) is 0 Å². The Labute approximate surface area is 155 Å². The number of aromatic nitrogens is 2. The first kappa shape index (κ1) is 17.7. The van der Waals surface area contributed by atoms with Gasteiger partial charge in [-0.2, -0.15) is 0 Å². The topological polar surface area (TPSA) is 70.6 Å². The molecule has 1 amide bonds. The normalized spacial score (nSPS) is 25.7. The lowest BCUT2D eigenvalue weighted by Gasteiger charge is -2.22. The zero-order valence-corrected chi connectivity index (χ0v) is 15.6. The van der Waals surface area contributed by atoms with Gasteiger partial charge in [-0.1, -0.05) is 0 Å². The highest BCUT2D eigenvalue weighted by Crippen LogP contribution is 2.23. The molecule has 0 spiro atoms. The van der Waals surface area contributed by atoms with E-state index in [0.717, 1.165) is 37.2 Å². The summed E-state index contributed by atoms with van der Waals surface area (Å²) in [6.45, 7) is 7.50. The van der Waals surface area contributed by atoms with E-state index in [4.69, 9.17) is 4.74 Å². The number of carbonyl (C=O) groups excluding carboxylic acids is 1. The second kappa shape index (κ2) is 7.88. The van der Waals surface area contributed by atoms with Crippen LogP contribution in [0.2, 0.25) is 0 Å². The van der Waals surface area contributed by atoms with E-state index >= 15 is 0 Å². The zero-order chi connectivity index (χ0) is 17.9. The van der Waals surface area contributed by atoms with E-state index in [1.807, 2.05) is 11.1 Å². The smallest absolute Gasteiger partial charge is 0.223 e. The average molecular weight is 359 g/mol. The Hall–Kier alpha value is -1.73. The number of nitrogens with one attached hydrogen (secondary N) is 1. The van der Waals surface area contributed by atoms with Crippen LogP contribution in [0.5, 0.6) is 0 Å². The Bertz CT molecular complexity index is 647. The molecule has 4 rings (SSSR count). The SMILES string of the molecule is CC1CC(Nc2ncc3c(n2)COC3)CN1C(=O)CCCN1CCCC1. The van der Waals surface area contributed by atoms with E-state index in [-0.39, 0.29) is 18.0 Å². The van der Waals surface area contributed by atoms with Gasteiger partial charge in [-0.05, 0) is 52.2 Å². The van der Waals surface area contributed by atoms with Gasteiger partial charge in [-0.15, -0.1) is 0 Å². The van der Waals surface area contributed by atoms with Gasteiger partial charge in [0.1, 0.15) is 0 Å². The highest BCUT2D eigenvalue weighted by Gasteiger charge is 2.32. The van der Waals surface area contributed by atoms with Crippen molar-refractivity contribution in [3.63, 3.8) is 0 Å². The second-order valence-electron chi connectivity index (χ2n) is 7.78. The number of carbonyl (C=O) groups is 1. The molecule has 4 heterocycles. The molecule has 26 heavy (non-hydrogen) atoms. The second-order valence-corrected chi connectivity index (χ2v) is 7.78.